The lowest BCUT2D eigenvalue weighted by molar-refractivity contribution is -0.164. The summed E-state index contributed by atoms with van der Waals surface area (Å²) in [5.74, 6) is -0.612. The molecule has 0 aromatic rings. The Balaban J connectivity index is 2.64. The number of carboxylic acid groups (broad SMARTS) is 1. The van der Waals surface area contributed by atoms with Crippen molar-refractivity contribution in [3.63, 3.8) is 0 Å². The first-order valence-electron chi connectivity index (χ1n) is 4.15. The van der Waals surface area contributed by atoms with Gasteiger partial charge >= 0.3 is 5.97 Å². The average Bonchev–Trinajstić information content (AvgIpc) is 1.81. The van der Waals surface area contributed by atoms with Gasteiger partial charge in [-0.1, -0.05) is 20.8 Å². The maximum atomic E-state index is 10.8. The number of rotatable bonds is 2. The van der Waals surface area contributed by atoms with Gasteiger partial charge in [-0.3, -0.25) is 4.79 Å². The maximum Gasteiger partial charge on any atom is 0.309 e. The van der Waals surface area contributed by atoms with Gasteiger partial charge in [-0.2, -0.15) is 0 Å². The first kappa shape index (κ1) is 8.57. The van der Waals surface area contributed by atoms with E-state index in [0.717, 1.165) is 19.3 Å². The standard InChI is InChI=1S/C9H16O2/c1-4-9(7(10)11)5-8(2,3)6-9/h4-6H2,1-3H3,(H,10,11). The van der Waals surface area contributed by atoms with Crippen LogP contribution in [0.15, 0.2) is 0 Å². The van der Waals surface area contributed by atoms with Gasteiger partial charge in [-0.05, 0) is 24.7 Å². The molecule has 2 nitrogen and oxygen atoms in total. The second-order valence-electron chi connectivity index (χ2n) is 4.46. The van der Waals surface area contributed by atoms with E-state index in [-0.39, 0.29) is 10.8 Å². The van der Waals surface area contributed by atoms with Gasteiger partial charge in [0, 0.05) is 0 Å². The van der Waals surface area contributed by atoms with Crippen LogP contribution >= 0.6 is 0 Å². The molecule has 1 rings (SSSR count). The molecule has 1 fully saturated rings. The summed E-state index contributed by atoms with van der Waals surface area (Å²) in [5, 5.41) is 8.92. The fourth-order valence-corrected chi connectivity index (χ4v) is 2.33. The van der Waals surface area contributed by atoms with Crippen LogP contribution in [0.1, 0.15) is 40.0 Å². The van der Waals surface area contributed by atoms with Crippen LogP contribution in [0.25, 0.3) is 0 Å². The first-order chi connectivity index (χ1) is 4.92. The summed E-state index contributed by atoms with van der Waals surface area (Å²) < 4.78 is 0. The molecule has 0 aliphatic heterocycles. The fourth-order valence-electron chi connectivity index (χ4n) is 2.33. The molecule has 11 heavy (non-hydrogen) atoms. The van der Waals surface area contributed by atoms with E-state index >= 15 is 0 Å². The number of hydrogen-bond acceptors (Lipinski definition) is 1. The fraction of sp³-hybridized carbons (Fsp3) is 0.889. The van der Waals surface area contributed by atoms with Crippen molar-refractivity contribution in [3.05, 3.63) is 0 Å². The lowest BCUT2D eigenvalue weighted by atomic mass is 9.53. The SMILES string of the molecule is CCC1(C(=O)O)CC(C)(C)C1. The molecule has 0 spiro atoms. The number of carboxylic acids is 1. The van der Waals surface area contributed by atoms with E-state index in [0.29, 0.717) is 0 Å². The highest BCUT2D eigenvalue weighted by Gasteiger charge is 2.52. The van der Waals surface area contributed by atoms with E-state index < -0.39 is 5.97 Å². The number of aliphatic carboxylic acids is 1. The van der Waals surface area contributed by atoms with E-state index in [2.05, 4.69) is 13.8 Å². The van der Waals surface area contributed by atoms with Crippen molar-refractivity contribution in [2.75, 3.05) is 0 Å². The molecular formula is C9H16O2. The highest BCUT2D eigenvalue weighted by atomic mass is 16.4. The predicted octanol–water partition coefficient (Wildman–Crippen LogP) is 2.29. The summed E-state index contributed by atoms with van der Waals surface area (Å²) in [5.41, 5.74) is -0.127. The van der Waals surface area contributed by atoms with Gasteiger partial charge in [0.2, 0.25) is 0 Å². The third-order valence-corrected chi connectivity index (χ3v) is 2.76. The van der Waals surface area contributed by atoms with Crippen molar-refractivity contribution in [3.8, 4) is 0 Å². The Morgan fingerprint density at radius 1 is 1.45 bits per heavy atom. The van der Waals surface area contributed by atoms with E-state index in [1.807, 2.05) is 6.92 Å². The van der Waals surface area contributed by atoms with Crippen LogP contribution in [-0.2, 0) is 4.79 Å². The minimum Gasteiger partial charge on any atom is -0.481 e. The molecular weight excluding hydrogens is 140 g/mol. The molecule has 0 saturated heterocycles. The molecule has 0 aromatic heterocycles. The summed E-state index contributed by atoms with van der Waals surface area (Å²) in [4.78, 5) is 10.8. The van der Waals surface area contributed by atoms with Gasteiger partial charge in [0.05, 0.1) is 5.41 Å². The van der Waals surface area contributed by atoms with Gasteiger partial charge in [-0.15, -0.1) is 0 Å². The van der Waals surface area contributed by atoms with Crippen molar-refractivity contribution in [2.45, 2.75) is 40.0 Å². The Bertz CT molecular complexity index is 174. The summed E-state index contributed by atoms with van der Waals surface area (Å²) in [6.45, 7) is 6.22. The quantitative estimate of drug-likeness (QED) is 0.666. The number of hydrogen-bond donors (Lipinski definition) is 1. The first-order valence-corrected chi connectivity index (χ1v) is 4.15. The topological polar surface area (TPSA) is 37.3 Å². The van der Waals surface area contributed by atoms with Crippen LogP contribution in [0.5, 0.6) is 0 Å². The molecule has 0 heterocycles. The Kier molecular flexibility index (Phi) is 1.73. The van der Waals surface area contributed by atoms with E-state index in [1.54, 1.807) is 0 Å². The monoisotopic (exact) mass is 156 g/mol. The highest BCUT2D eigenvalue weighted by molar-refractivity contribution is 5.76. The molecule has 1 saturated carbocycles. The zero-order valence-corrected chi connectivity index (χ0v) is 7.48. The molecule has 0 atom stereocenters. The van der Waals surface area contributed by atoms with Gasteiger partial charge in [-0.25, -0.2) is 0 Å². The van der Waals surface area contributed by atoms with Crippen molar-refractivity contribution in [1.29, 1.82) is 0 Å². The van der Waals surface area contributed by atoms with Gasteiger partial charge in [0.15, 0.2) is 0 Å². The minimum absolute atomic E-state index is 0.258. The zero-order chi connectivity index (χ0) is 8.70. The van der Waals surface area contributed by atoms with Crippen LogP contribution in [-0.4, -0.2) is 11.1 Å². The second-order valence-corrected chi connectivity index (χ2v) is 4.46. The second kappa shape index (κ2) is 2.23. The molecule has 0 unspecified atom stereocenters. The van der Waals surface area contributed by atoms with E-state index in [9.17, 15) is 4.79 Å². The van der Waals surface area contributed by atoms with Crippen molar-refractivity contribution < 1.29 is 9.90 Å². The van der Waals surface area contributed by atoms with Crippen LogP contribution in [0.4, 0.5) is 0 Å². The zero-order valence-electron chi connectivity index (χ0n) is 7.48. The van der Waals surface area contributed by atoms with Crippen LogP contribution < -0.4 is 0 Å². The molecule has 1 aliphatic rings. The molecule has 1 N–H and O–H groups in total. The van der Waals surface area contributed by atoms with Crippen molar-refractivity contribution in [1.82, 2.24) is 0 Å². The summed E-state index contributed by atoms with van der Waals surface area (Å²) in [6, 6.07) is 0. The van der Waals surface area contributed by atoms with Gasteiger partial charge in [0.1, 0.15) is 0 Å². The Morgan fingerprint density at radius 3 is 2.00 bits per heavy atom. The van der Waals surface area contributed by atoms with Crippen molar-refractivity contribution in [2.24, 2.45) is 10.8 Å². The lowest BCUT2D eigenvalue weighted by Crippen LogP contribution is -2.48. The summed E-state index contributed by atoms with van der Waals surface area (Å²) in [7, 11) is 0. The maximum absolute atomic E-state index is 10.8. The molecule has 0 amide bonds. The molecule has 64 valence electrons. The molecule has 1 aliphatic carbocycles. The highest BCUT2D eigenvalue weighted by Crippen LogP contribution is 2.55. The molecule has 0 bridgehead atoms. The van der Waals surface area contributed by atoms with E-state index in [4.69, 9.17) is 5.11 Å². The predicted molar refractivity (Wildman–Crippen MR) is 43.4 cm³/mol. The largest absolute Gasteiger partial charge is 0.481 e. The van der Waals surface area contributed by atoms with Crippen LogP contribution in [0.2, 0.25) is 0 Å². The molecule has 0 aromatic carbocycles. The Hall–Kier alpha value is -0.530. The number of carbonyl (C=O) groups is 1. The summed E-state index contributed by atoms with van der Waals surface area (Å²) >= 11 is 0. The Morgan fingerprint density at radius 2 is 1.91 bits per heavy atom. The third-order valence-electron chi connectivity index (χ3n) is 2.76. The van der Waals surface area contributed by atoms with Crippen LogP contribution in [0.3, 0.4) is 0 Å². The van der Waals surface area contributed by atoms with Gasteiger partial charge < -0.3 is 5.11 Å². The lowest BCUT2D eigenvalue weighted by Gasteiger charge is -2.50. The normalized spacial score (nSPS) is 25.7. The average molecular weight is 156 g/mol. The third kappa shape index (κ3) is 1.26. The van der Waals surface area contributed by atoms with Gasteiger partial charge in [0.25, 0.3) is 0 Å². The van der Waals surface area contributed by atoms with Crippen LogP contribution in [0, 0.1) is 10.8 Å². The smallest absolute Gasteiger partial charge is 0.309 e. The van der Waals surface area contributed by atoms with E-state index in [1.165, 1.54) is 0 Å². The Labute approximate surface area is 67.6 Å². The summed E-state index contributed by atoms with van der Waals surface area (Å²) in [6.07, 6.45) is 2.45. The molecule has 2 heteroatoms. The minimum atomic E-state index is -0.612. The van der Waals surface area contributed by atoms with Crippen molar-refractivity contribution >= 4 is 5.97 Å². The molecule has 0 radical (unpaired) electrons.